The van der Waals surface area contributed by atoms with E-state index < -0.39 is 23.5 Å². The van der Waals surface area contributed by atoms with Gasteiger partial charge in [-0.05, 0) is 50.8 Å². The van der Waals surface area contributed by atoms with Crippen molar-refractivity contribution in [2.75, 3.05) is 13.2 Å². The zero-order chi connectivity index (χ0) is 18.0. The summed E-state index contributed by atoms with van der Waals surface area (Å²) in [5.74, 6) is -0.884. The lowest BCUT2D eigenvalue weighted by molar-refractivity contribution is -0.149. The van der Waals surface area contributed by atoms with Gasteiger partial charge in [0.1, 0.15) is 17.3 Å². The summed E-state index contributed by atoms with van der Waals surface area (Å²) in [5.41, 5.74) is 1.01. The van der Waals surface area contributed by atoms with Crippen LogP contribution in [0.5, 0.6) is 0 Å². The smallest absolute Gasteiger partial charge is 0.328 e. The maximum absolute atomic E-state index is 12.9. The van der Waals surface area contributed by atoms with Crippen molar-refractivity contribution >= 4 is 17.5 Å². The number of esters is 1. The number of ether oxygens (including phenoxy) is 1. The second-order valence-electron chi connectivity index (χ2n) is 6.17. The molecule has 1 aliphatic heterocycles. The molecule has 1 unspecified atom stereocenters. The molecule has 1 fully saturated rings. The minimum atomic E-state index is -0.640. The monoisotopic (exact) mass is 343 g/mol. The Labute approximate surface area is 145 Å². The number of likely N-dealkylation sites (tertiary alicyclic amines) is 1. The van der Waals surface area contributed by atoms with Gasteiger partial charge in [0.2, 0.25) is 0 Å². The van der Waals surface area contributed by atoms with Gasteiger partial charge in [0.05, 0.1) is 6.61 Å². The van der Waals surface area contributed by atoms with Gasteiger partial charge in [-0.3, -0.25) is 14.0 Å². The highest BCUT2D eigenvalue weighted by Crippen LogP contribution is 2.20. The lowest BCUT2D eigenvalue weighted by Gasteiger charge is -2.33. The van der Waals surface area contributed by atoms with Crippen LogP contribution in [-0.4, -0.2) is 45.4 Å². The topological polar surface area (TPSA) is 81.0 Å². The maximum Gasteiger partial charge on any atom is 0.328 e. The number of fused-ring (bicyclic) bond motifs is 1. The molecule has 7 heteroatoms. The van der Waals surface area contributed by atoms with Gasteiger partial charge in [0.15, 0.2) is 0 Å². The molecular weight excluding hydrogens is 322 g/mol. The number of aryl methyl sites for hydroxylation is 1. The third kappa shape index (κ3) is 3.26. The lowest BCUT2D eigenvalue weighted by Crippen LogP contribution is -2.50. The minimum Gasteiger partial charge on any atom is -0.464 e. The first-order valence-corrected chi connectivity index (χ1v) is 8.48. The van der Waals surface area contributed by atoms with E-state index in [9.17, 15) is 14.4 Å². The van der Waals surface area contributed by atoms with Crippen LogP contribution >= 0.6 is 0 Å². The first-order valence-electron chi connectivity index (χ1n) is 8.48. The maximum atomic E-state index is 12.9. The summed E-state index contributed by atoms with van der Waals surface area (Å²) in [4.78, 5) is 43.4. The summed E-state index contributed by atoms with van der Waals surface area (Å²) < 4.78 is 6.43. The average molecular weight is 343 g/mol. The van der Waals surface area contributed by atoms with Gasteiger partial charge in [-0.2, -0.15) is 0 Å². The summed E-state index contributed by atoms with van der Waals surface area (Å²) >= 11 is 0. The fourth-order valence-electron chi connectivity index (χ4n) is 3.14. The van der Waals surface area contributed by atoms with Crippen LogP contribution in [0.15, 0.2) is 29.3 Å². The number of carbonyl (C=O) groups excluding carboxylic acids is 2. The number of carbonyl (C=O) groups is 2. The second kappa shape index (κ2) is 7.04. The van der Waals surface area contributed by atoms with E-state index in [2.05, 4.69) is 4.98 Å². The Bertz CT molecular complexity index is 874. The van der Waals surface area contributed by atoms with Crippen LogP contribution in [0.4, 0.5) is 0 Å². The van der Waals surface area contributed by atoms with Crippen molar-refractivity contribution in [1.82, 2.24) is 14.3 Å². The zero-order valence-electron chi connectivity index (χ0n) is 14.4. The number of aromatic nitrogens is 2. The van der Waals surface area contributed by atoms with Crippen molar-refractivity contribution in [1.29, 1.82) is 0 Å². The third-order valence-corrected chi connectivity index (χ3v) is 4.42. The minimum absolute atomic E-state index is 0.0300. The van der Waals surface area contributed by atoms with Gasteiger partial charge in [0, 0.05) is 18.9 Å². The Hall–Kier alpha value is -2.70. The molecule has 0 N–H and O–H groups in total. The number of nitrogens with zero attached hydrogens (tertiary/aromatic N) is 3. The predicted molar refractivity (Wildman–Crippen MR) is 91.5 cm³/mol. The van der Waals surface area contributed by atoms with Crippen molar-refractivity contribution < 1.29 is 14.3 Å². The molecule has 2 aromatic rings. The molecule has 132 valence electrons. The molecule has 7 nitrogen and oxygen atoms in total. The Morgan fingerprint density at radius 1 is 1.36 bits per heavy atom. The predicted octanol–water partition coefficient (Wildman–Crippen LogP) is 1.56. The van der Waals surface area contributed by atoms with Crippen molar-refractivity contribution in [3.8, 4) is 0 Å². The van der Waals surface area contributed by atoms with Crippen LogP contribution in [0, 0.1) is 6.92 Å². The lowest BCUT2D eigenvalue weighted by atomic mass is 10.0. The Balaban J connectivity index is 1.97. The molecule has 2 aromatic heterocycles. The Morgan fingerprint density at radius 3 is 2.92 bits per heavy atom. The fraction of sp³-hybridized carbons (Fsp3) is 0.444. The van der Waals surface area contributed by atoms with Crippen LogP contribution in [0.2, 0.25) is 0 Å². The van der Waals surface area contributed by atoms with E-state index in [4.69, 9.17) is 4.74 Å². The summed E-state index contributed by atoms with van der Waals surface area (Å²) in [6.07, 6.45) is 5.10. The van der Waals surface area contributed by atoms with Gasteiger partial charge in [0.25, 0.3) is 11.5 Å². The number of hydrogen-bond acceptors (Lipinski definition) is 5. The van der Waals surface area contributed by atoms with E-state index in [1.54, 1.807) is 25.3 Å². The summed E-state index contributed by atoms with van der Waals surface area (Å²) in [6.45, 7) is 4.33. The molecular formula is C18H21N3O4. The summed E-state index contributed by atoms with van der Waals surface area (Å²) in [5, 5.41) is 0. The van der Waals surface area contributed by atoms with E-state index in [1.807, 2.05) is 6.92 Å². The van der Waals surface area contributed by atoms with E-state index in [0.29, 0.717) is 18.6 Å². The second-order valence-corrected chi connectivity index (χ2v) is 6.17. The molecule has 3 rings (SSSR count). The van der Waals surface area contributed by atoms with Gasteiger partial charge in [-0.1, -0.05) is 0 Å². The number of amides is 1. The highest BCUT2D eigenvalue weighted by molar-refractivity contribution is 5.96. The highest BCUT2D eigenvalue weighted by Gasteiger charge is 2.34. The Kier molecular flexibility index (Phi) is 4.83. The first kappa shape index (κ1) is 17.1. The molecule has 3 heterocycles. The van der Waals surface area contributed by atoms with Gasteiger partial charge in [-0.15, -0.1) is 0 Å². The molecule has 25 heavy (non-hydrogen) atoms. The number of hydrogen-bond donors (Lipinski definition) is 0. The standard InChI is InChI=1S/C18H21N3O4/c1-3-25-18(24)14-6-4-5-8-20(14)16(22)13-11-19-15-10-12(2)7-9-21(15)17(13)23/h7,9-11,14H,3-6,8H2,1-2H3. The largest absolute Gasteiger partial charge is 0.464 e. The average Bonchev–Trinajstić information content (AvgIpc) is 2.61. The van der Waals surface area contributed by atoms with Crippen molar-refractivity contribution in [2.45, 2.75) is 39.2 Å². The van der Waals surface area contributed by atoms with Crippen LogP contribution in [0.3, 0.4) is 0 Å². The van der Waals surface area contributed by atoms with E-state index in [-0.39, 0.29) is 12.2 Å². The Morgan fingerprint density at radius 2 is 2.16 bits per heavy atom. The SMILES string of the molecule is CCOC(=O)C1CCCCN1C(=O)c1cnc2cc(C)ccn2c1=O. The molecule has 1 aliphatic rings. The number of rotatable bonds is 3. The van der Waals surface area contributed by atoms with Crippen molar-refractivity contribution in [3.05, 3.63) is 46.0 Å². The molecule has 0 bridgehead atoms. The fourth-order valence-corrected chi connectivity index (χ4v) is 3.14. The normalized spacial score (nSPS) is 17.5. The summed E-state index contributed by atoms with van der Waals surface area (Å²) in [6, 6.07) is 2.92. The molecule has 0 spiro atoms. The third-order valence-electron chi connectivity index (χ3n) is 4.42. The molecule has 1 amide bonds. The molecule has 0 radical (unpaired) electrons. The molecule has 0 aromatic carbocycles. The van der Waals surface area contributed by atoms with Crippen LogP contribution in [0.25, 0.3) is 5.65 Å². The van der Waals surface area contributed by atoms with Crippen LogP contribution in [0.1, 0.15) is 42.1 Å². The quantitative estimate of drug-likeness (QED) is 0.790. The van der Waals surface area contributed by atoms with E-state index in [0.717, 1.165) is 18.4 Å². The van der Waals surface area contributed by atoms with Gasteiger partial charge >= 0.3 is 5.97 Å². The number of piperidine rings is 1. The summed E-state index contributed by atoms with van der Waals surface area (Å²) in [7, 11) is 0. The van der Waals surface area contributed by atoms with E-state index in [1.165, 1.54) is 15.5 Å². The van der Waals surface area contributed by atoms with Crippen molar-refractivity contribution in [3.63, 3.8) is 0 Å². The van der Waals surface area contributed by atoms with E-state index >= 15 is 0 Å². The molecule has 0 saturated carbocycles. The van der Waals surface area contributed by atoms with Gasteiger partial charge in [-0.25, -0.2) is 9.78 Å². The zero-order valence-corrected chi connectivity index (χ0v) is 14.4. The van der Waals surface area contributed by atoms with Crippen LogP contribution in [-0.2, 0) is 9.53 Å². The number of pyridine rings is 1. The first-order chi connectivity index (χ1) is 12.0. The van der Waals surface area contributed by atoms with Gasteiger partial charge < -0.3 is 9.64 Å². The highest BCUT2D eigenvalue weighted by atomic mass is 16.5. The van der Waals surface area contributed by atoms with Crippen LogP contribution < -0.4 is 5.56 Å². The molecule has 1 saturated heterocycles. The molecule has 1 atom stereocenters. The molecule has 0 aliphatic carbocycles. The van der Waals surface area contributed by atoms with Crippen molar-refractivity contribution in [2.24, 2.45) is 0 Å².